The molecule has 0 aromatic heterocycles. The molecular weight excluding hydrogens is 276 g/mol. The van der Waals surface area contributed by atoms with Gasteiger partial charge in [-0.25, -0.2) is 0 Å². The van der Waals surface area contributed by atoms with Crippen LogP contribution in [0.15, 0.2) is 99.1 Å². The molecule has 0 saturated heterocycles. The van der Waals surface area contributed by atoms with Crippen LogP contribution in [0.2, 0.25) is 0 Å². The average molecular weight is 299 g/mol. The van der Waals surface area contributed by atoms with Crippen LogP contribution in [0.4, 0.5) is 0 Å². The number of hydrogen-bond acceptors (Lipinski definition) is 0. The molecule has 0 aliphatic heterocycles. The van der Waals surface area contributed by atoms with Crippen molar-refractivity contribution in [2.75, 3.05) is 0 Å². The zero-order valence-corrected chi connectivity index (χ0v) is 13.1. The first-order valence-corrected chi connectivity index (χ1v) is 6.37. The molecule has 0 aliphatic rings. The molecule has 0 atom stereocenters. The molecule has 0 unspecified atom stereocenters. The number of hydrogen-bond donors (Lipinski definition) is 0. The van der Waals surface area contributed by atoms with Gasteiger partial charge in [0.2, 0.25) is 0 Å². The van der Waals surface area contributed by atoms with Gasteiger partial charge in [0.25, 0.3) is 0 Å². The fourth-order valence-corrected chi connectivity index (χ4v) is 1.18. The Kier molecular flexibility index (Phi) is 15.7. The van der Waals surface area contributed by atoms with E-state index in [1.165, 1.54) is 11.1 Å². The second-order valence-electron chi connectivity index (χ2n) is 3.70. The number of benzene rings is 2. The molecule has 0 heterocycles. The van der Waals surface area contributed by atoms with Crippen LogP contribution in [0.1, 0.15) is 11.1 Å². The topological polar surface area (TPSA) is 0 Å². The summed E-state index contributed by atoms with van der Waals surface area (Å²) in [4.78, 5) is 0. The lowest BCUT2D eigenvalue weighted by molar-refractivity contribution is 1.67. The van der Waals surface area contributed by atoms with Gasteiger partial charge >= 0.3 is 0 Å². The van der Waals surface area contributed by atoms with Crippen LogP contribution in [0.25, 0.3) is 12.2 Å². The molecule has 2 rings (SSSR count). The Bertz CT molecular complexity index is 448. The number of halogens is 1. The Morgan fingerprint density at radius 3 is 0.952 bits per heavy atom. The highest BCUT2D eigenvalue weighted by Crippen LogP contribution is 1.98. The molecule has 0 aliphatic carbocycles. The third-order valence-electron chi connectivity index (χ3n) is 2.24. The Hall–Kier alpha value is -2.31. The van der Waals surface area contributed by atoms with Gasteiger partial charge in [0.1, 0.15) is 0 Å². The normalized spacial score (nSPS) is 7.43. The van der Waals surface area contributed by atoms with Gasteiger partial charge in [-0.1, -0.05) is 111 Å². The van der Waals surface area contributed by atoms with Crippen molar-refractivity contribution in [3.8, 4) is 0 Å². The monoisotopic (exact) mass is 298 g/mol. The van der Waals surface area contributed by atoms with Gasteiger partial charge < -0.3 is 0 Å². The van der Waals surface area contributed by atoms with Crippen LogP contribution in [0, 0.1) is 0 Å². The maximum atomic E-state index is 3.63. The molecule has 2 aromatic rings. The van der Waals surface area contributed by atoms with E-state index in [0.29, 0.717) is 0 Å². The second kappa shape index (κ2) is 15.7. The maximum absolute atomic E-state index is 3.63. The van der Waals surface area contributed by atoms with Gasteiger partial charge in [-0.3, -0.25) is 0 Å². The molecular formula is C20H23Cl. The van der Waals surface area contributed by atoms with Crippen molar-refractivity contribution < 1.29 is 0 Å². The van der Waals surface area contributed by atoms with E-state index in [-0.39, 0.29) is 12.4 Å². The largest absolute Gasteiger partial charge is 0.147 e. The van der Waals surface area contributed by atoms with Crippen molar-refractivity contribution >= 4 is 24.6 Å². The molecule has 1 heteroatoms. The van der Waals surface area contributed by atoms with Gasteiger partial charge in [-0.05, 0) is 11.1 Å². The summed E-state index contributed by atoms with van der Waals surface area (Å²) in [5, 5.41) is 0. The lowest BCUT2D eigenvalue weighted by Gasteiger charge is -1.85. The van der Waals surface area contributed by atoms with E-state index in [1.54, 1.807) is 12.2 Å². The number of rotatable bonds is 3. The first-order valence-electron chi connectivity index (χ1n) is 6.37. The summed E-state index contributed by atoms with van der Waals surface area (Å²) in [6, 6.07) is 20.1. The van der Waals surface area contributed by atoms with E-state index in [1.807, 2.05) is 72.8 Å². The molecule has 21 heavy (non-hydrogen) atoms. The van der Waals surface area contributed by atoms with Crippen LogP contribution in [0.3, 0.4) is 0 Å². The smallest absolute Gasteiger partial charge is 0.0263 e. The maximum Gasteiger partial charge on any atom is -0.0263 e. The molecule has 0 N–H and O–H groups in total. The second-order valence-corrected chi connectivity index (χ2v) is 3.70. The van der Waals surface area contributed by atoms with Crippen LogP contribution >= 0.6 is 12.4 Å². The van der Waals surface area contributed by atoms with Gasteiger partial charge in [-0.2, -0.15) is 0 Å². The predicted molar refractivity (Wildman–Crippen MR) is 101 cm³/mol. The van der Waals surface area contributed by atoms with E-state index in [0.717, 1.165) is 0 Å². The zero-order chi connectivity index (χ0) is 15.1. The first kappa shape index (κ1) is 21.0. The van der Waals surface area contributed by atoms with Gasteiger partial charge in [0.15, 0.2) is 0 Å². The zero-order valence-electron chi connectivity index (χ0n) is 12.3. The van der Waals surface area contributed by atoms with Crippen molar-refractivity contribution in [1.82, 2.24) is 0 Å². The van der Waals surface area contributed by atoms with Gasteiger partial charge in [0, 0.05) is 0 Å². The molecule has 0 bridgehead atoms. The third-order valence-corrected chi connectivity index (χ3v) is 2.24. The first-order chi connectivity index (χ1) is 9.78. The van der Waals surface area contributed by atoms with Crippen LogP contribution in [-0.4, -0.2) is 0 Å². The molecule has 0 fully saturated rings. The Morgan fingerprint density at radius 1 is 0.524 bits per heavy atom. The summed E-state index contributed by atoms with van der Waals surface area (Å²) >= 11 is 0. The van der Waals surface area contributed by atoms with E-state index in [2.05, 4.69) is 26.3 Å². The van der Waals surface area contributed by atoms with Crippen LogP contribution < -0.4 is 0 Å². The summed E-state index contributed by atoms with van der Waals surface area (Å²) in [6.07, 6.45) is 6.94. The minimum Gasteiger partial charge on any atom is -0.147 e. The van der Waals surface area contributed by atoms with Crippen molar-refractivity contribution in [2.45, 2.75) is 0 Å². The van der Waals surface area contributed by atoms with E-state index in [4.69, 9.17) is 0 Å². The summed E-state index contributed by atoms with van der Waals surface area (Å²) in [5.41, 5.74) is 2.35. The van der Waals surface area contributed by atoms with Crippen molar-refractivity contribution in [2.24, 2.45) is 0 Å². The fraction of sp³-hybridized carbons (Fsp3) is 0. The minimum atomic E-state index is 0. The summed E-state index contributed by atoms with van der Waals surface area (Å²) in [5.74, 6) is 0. The highest BCUT2D eigenvalue weighted by Gasteiger charge is 1.76. The van der Waals surface area contributed by atoms with Gasteiger partial charge in [-0.15, -0.1) is 12.4 Å². The third kappa shape index (κ3) is 12.5. The number of allylic oxidation sites excluding steroid dienone is 2. The molecule has 0 amide bonds. The molecule has 110 valence electrons. The Balaban J connectivity index is 0. The standard InChI is InChI=1S/2C8H8.C4H6.ClH/c2*1-2-8-6-4-3-5-7-8;1-3-4-2;/h2*2-7H,1H2;3-4H,1-2H2;1H. The molecule has 0 saturated carbocycles. The fourth-order valence-electron chi connectivity index (χ4n) is 1.18. The van der Waals surface area contributed by atoms with Crippen LogP contribution in [-0.2, 0) is 0 Å². The Morgan fingerprint density at radius 2 is 0.810 bits per heavy atom. The van der Waals surface area contributed by atoms with E-state index in [9.17, 15) is 0 Å². The van der Waals surface area contributed by atoms with Crippen molar-refractivity contribution in [1.29, 1.82) is 0 Å². The quantitative estimate of drug-likeness (QED) is 0.572. The van der Waals surface area contributed by atoms with Crippen molar-refractivity contribution in [3.05, 3.63) is 110 Å². The van der Waals surface area contributed by atoms with E-state index >= 15 is 0 Å². The summed E-state index contributed by atoms with van der Waals surface area (Å²) in [7, 11) is 0. The molecule has 0 radical (unpaired) electrons. The highest BCUT2D eigenvalue weighted by molar-refractivity contribution is 5.85. The molecule has 0 spiro atoms. The molecule has 2 aromatic carbocycles. The summed E-state index contributed by atoms with van der Waals surface area (Å²) < 4.78 is 0. The highest BCUT2D eigenvalue weighted by atomic mass is 35.5. The predicted octanol–water partition coefficient (Wildman–Crippen LogP) is 6.44. The van der Waals surface area contributed by atoms with Gasteiger partial charge in [0.05, 0.1) is 0 Å². The van der Waals surface area contributed by atoms with E-state index < -0.39 is 0 Å². The minimum absolute atomic E-state index is 0. The molecule has 0 nitrogen and oxygen atoms in total. The Labute approximate surface area is 135 Å². The average Bonchev–Trinajstić information content (AvgIpc) is 2.57. The lowest BCUT2D eigenvalue weighted by atomic mass is 10.2. The SMILES string of the molecule is C=CC=C.C=Cc1ccccc1.C=Cc1ccccc1.Cl. The van der Waals surface area contributed by atoms with Crippen molar-refractivity contribution in [3.63, 3.8) is 0 Å². The lowest BCUT2D eigenvalue weighted by Crippen LogP contribution is -1.63. The summed E-state index contributed by atoms with van der Waals surface area (Å²) in [6.45, 7) is 14.0. The van der Waals surface area contributed by atoms with Crippen LogP contribution in [0.5, 0.6) is 0 Å².